The summed E-state index contributed by atoms with van der Waals surface area (Å²) in [6, 6.07) is 17.6. The maximum Gasteiger partial charge on any atom is 0.223 e. The van der Waals surface area contributed by atoms with Gasteiger partial charge in [-0.1, -0.05) is 49.6 Å². The fourth-order valence-corrected chi connectivity index (χ4v) is 4.80. The number of hydrogen-bond acceptors (Lipinski definition) is 3. The molecule has 1 atom stereocenters. The summed E-state index contributed by atoms with van der Waals surface area (Å²) >= 11 is 0. The van der Waals surface area contributed by atoms with Crippen molar-refractivity contribution in [2.24, 2.45) is 5.92 Å². The monoisotopic (exact) mass is 391 g/mol. The van der Waals surface area contributed by atoms with Crippen molar-refractivity contribution in [1.29, 1.82) is 0 Å². The van der Waals surface area contributed by atoms with E-state index >= 15 is 0 Å². The van der Waals surface area contributed by atoms with Gasteiger partial charge in [0, 0.05) is 44.5 Å². The summed E-state index contributed by atoms with van der Waals surface area (Å²) in [4.78, 5) is 17.4. The Hall–Kier alpha value is -2.49. The average molecular weight is 392 g/mol. The Bertz CT molecular complexity index is 824. The predicted molar refractivity (Wildman–Crippen MR) is 121 cm³/mol. The van der Waals surface area contributed by atoms with Crippen molar-refractivity contribution in [3.05, 3.63) is 59.7 Å². The number of nitrogens with zero attached hydrogens (tertiary/aromatic N) is 2. The summed E-state index contributed by atoms with van der Waals surface area (Å²) in [5.41, 5.74) is 5.17. The maximum atomic E-state index is 12.8. The second kappa shape index (κ2) is 8.89. The van der Waals surface area contributed by atoms with Crippen LogP contribution in [0.1, 0.15) is 49.3 Å². The largest absolute Gasteiger partial charge is 0.378 e. The van der Waals surface area contributed by atoms with Gasteiger partial charge in [0.05, 0.1) is 6.04 Å². The topological polar surface area (TPSA) is 35.6 Å². The molecule has 0 bridgehead atoms. The fourth-order valence-electron chi connectivity index (χ4n) is 4.80. The lowest BCUT2D eigenvalue weighted by atomic mass is 9.88. The summed E-state index contributed by atoms with van der Waals surface area (Å²) in [7, 11) is 4.13. The van der Waals surface area contributed by atoms with Crippen molar-refractivity contribution < 1.29 is 4.79 Å². The summed E-state index contributed by atoms with van der Waals surface area (Å²) < 4.78 is 0. The molecule has 2 aromatic carbocycles. The number of carbonyl (C=O) groups is 1. The molecule has 2 aliphatic rings. The molecule has 1 aliphatic carbocycles. The molecule has 0 saturated heterocycles. The number of carbonyl (C=O) groups excluding carboxylic acids is 1. The summed E-state index contributed by atoms with van der Waals surface area (Å²) in [5.74, 6) is 0.443. The first kappa shape index (κ1) is 19.8. The van der Waals surface area contributed by atoms with Crippen LogP contribution in [0, 0.1) is 5.92 Å². The van der Waals surface area contributed by atoms with Crippen molar-refractivity contribution in [2.45, 2.75) is 44.6 Å². The van der Waals surface area contributed by atoms with E-state index in [4.69, 9.17) is 0 Å². The Morgan fingerprint density at radius 1 is 1.07 bits per heavy atom. The Morgan fingerprint density at radius 2 is 1.79 bits per heavy atom. The van der Waals surface area contributed by atoms with E-state index < -0.39 is 0 Å². The highest BCUT2D eigenvalue weighted by atomic mass is 16.1. The molecule has 0 radical (unpaired) electrons. The zero-order valence-corrected chi connectivity index (χ0v) is 17.7. The van der Waals surface area contributed by atoms with Crippen LogP contribution in [0.4, 0.5) is 11.4 Å². The molecule has 154 valence electrons. The first-order valence-corrected chi connectivity index (χ1v) is 11.0. The SMILES string of the molecule is CN(C)c1ccc(C(CNC(=O)C2CCCCC2)N2CCc3ccccc32)cc1. The van der Waals surface area contributed by atoms with Gasteiger partial charge in [-0.3, -0.25) is 4.79 Å². The Balaban J connectivity index is 1.55. The summed E-state index contributed by atoms with van der Waals surface area (Å²) in [6.45, 7) is 1.66. The van der Waals surface area contributed by atoms with Gasteiger partial charge in [0.1, 0.15) is 0 Å². The van der Waals surface area contributed by atoms with Gasteiger partial charge < -0.3 is 15.1 Å². The third-order valence-corrected chi connectivity index (χ3v) is 6.54. The quantitative estimate of drug-likeness (QED) is 0.784. The van der Waals surface area contributed by atoms with E-state index in [9.17, 15) is 4.79 Å². The molecule has 1 N–H and O–H groups in total. The van der Waals surface area contributed by atoms with Gasteiger partial charge in [-0.15, -0.1) is 0 Å². The zero-order chi connectivity index (χ0) is 20.2. The first-order chi connectivity index (χ1) is 14.1. The number of anilines is 2. The molecule has 0 spiro atoms. The number of rotatable bonds is 6. The second-order valence-corrected chi connectivity index (χ2v) is 8.65. The zero-order valence-electron chi connectivity index (χ0n) is 17.7. The summed E-state index contributed by atoms with van der Waals surface area (Å²) in [6.07, 6.45) is 6.80. The van der Waals surface area contributed by atoms with Gasteiger partial charge in [-0.25, -0.2) is 0 Å². The fraction of sp³-hybridized carbons (Fsp3) is 0.480. The van der Waals surface area contributed by atoms with Crippen molar-refractivity contribution in [3.63, 3.8) is 0 Å². The van der Waals surface area contributed by atoms with Crippen LogP contribution in [0.5, 0.6) is 0 Å². The first-order valence-electron chi connectivity index (χ1n) is 11.0. The molecule has 1 saturated carbocycles. The van der Waals surface area contributed by atoms with E-state index in [1.807, 2.05) is 0 Å². The number of amides is 1. The van der Waals surface area contributed by atoms with Gasteiger partial charge >= 0.3 is 0 Å². The molecule has 4 rings (SSSR count). The molecule has 1 aliphatic heterocycles. The van der Waals surface area contributed by atoms with Gasteiger partial charge in [-0.2, -0.15) is 0 Å². The minimum atomic E-state index is 0.155. The van der Waals surface area contributed by atoms with Gasteiger partial charge in [0.2, 0.25) is 5.91 Å². The van der Waals surface area contributed by atoms with E-state index in [-0.39, 0.29) is 17.9 Å². The van der Waals surface area contributed by atoms with Crippen LogP contribution in [-0.2, 0) is 11.2 Å². The average Bonchev–Trinajstić information content (AvgIpc) is 3.19. The van der Waals surface area contributed by atoms with Crippen LogP contribution in [0.25, 0.3) is 0 Å². The minimum Gasteiger partial charge on any atom is -0.378 e. The molecule has 4 heteroatoms. The lowest BCUT2D eigenvalue weighted by molar-refractivity contribution is -0.125. The Morgan fingerprint density at radius 3 is 2.52 bits per heavy atom. The minimum absolute atomic E-state index is 0.155. The Labute approximate surface area is 174 Å². The van der Waals surface area contributed by atoms with Crippen LogP contribution in [0.2, 0.25) is 0 Å². The molecule has 1 fully saturated rings. The smallest absolute Gasteiger partial charge is 0.223 e. The molecule has 1 amide bonds. The highest BCUT2D eigenvalue weighted by Gasteiger charge is 2.28. The van der Waals surface area contributed by atoms with Crippen LogP contribution in [0.3, 0.4) is 0 Å². The Kier molecular flexibility index (Phi) is 6.08. The third kappa shape index (κ3) is 4.42. The number of benzene rings is 2. The second-order valence-electron chi connectivity index (χ2n) is 8.65. The standard InChI is InChI=1S/C25H33N3O/c1-27(2)22-14-12-20(13-15-22)24(18-26-25(29)21-9-4-3-5-10-21)28-17-16-19-8-6-7-11-23(19)28/h6-8,11-15,21,24H,3-5,9-10,16-18H2,1-2H3,(H,26,29). The number of nitrogens with one attached hydrogen (secondary N) is 1. The van der Waals surface area contributed by atoms with Crippen LogP contribution < -0.4 is 15.1 Å². The lowest BCUT2D eigenvalue weighted by Crippen LogP contribution is -2.40. The molecule has 4 nitrogen and oxygen atoms in total. The van der Waals surface area contributed by atoms with E-state index in [0.29, 0.717) is 6.54 Å². The molecular weight excluding hydrogens is 358 g/mol. The van der Waals surface area contributed by atoms with Gasteiger partial charge in [-0.05, 0) is 48.6 Å². The normalized spacial score (nSPS) is 17.7. The highest BCUT2D eigenvalue weighted by molar-refractivity contribution is 5.78. The van der Waals surface area contributed by atoms with Crippen LogP contribution in [0.15, 0.2) is 48.5 Å². The van der Waals surface area contributed by atoms with E-state index in [1.165, 1.54) is 41.8 Å². The van der Waals surface area contributed by atoms with Gasteiger partial charge in [0.25, 0.3) is 0 Å². The van der Waals surface area contributed by atoms with E-state index in [2.05, 4.69) is 77.7 Å². The molecular formula is C25H33N3O. The molecule has 0 aromatic heterocycles. The van der Waals surface area contributed by atoms with E-state index in [1.54, 1.807) is 0 Å². The van der Waals surface area contributed by atoms with Gasteiger partial charge in [0.15, 0.2) is 0 Å². The lowest BCUT2D eigenvalue weighted by Gasteiger charge is -2.32. The summed E-state index contributed by atoms with van der Waals surface area (Å²) in [5, 5.41) is 3.31. The third-order valence-electron chi connectivity index (χ3n) is 6.54. The predicted octanol–water partition coefficient (Wildman–Crippen LogP) is 4.55. The van der Waals surface area contributed by atoms with Crippen molar-refractivity contribution in [2.75, 3.05) is 37.0 Å². The van der Waals surface area contributed by atoms with E-state index in [0.717, 1.165) is 25.8 Å². The molecule has 1 unspecified atom stereocenters. The highest BCUT2D eigenvalue weighted by Crippen LogP contribution is 2.35. The maximum absolute atomic E-state index is 12.8. The van der Waals surface area contributed by atoms with Crippen LogP contribution >= 0.6 is 0 Å². The van der Waals surface area contributed by atoms with Crippen molar-refractivity contribution in [1.82, 2.24) is 5.32 Å². The number of fused-ring (bicyclic) bond motifs is 1. The molecule has 1 heterocycles. The van der Waals surface area contributed by atoms with Crippen molar-refractivity contribution >= 4 is 17.3 Å². The molecule has 2 aromatic rings. The number of hydrogen-bond donors (Lipinski definition) is 1. The van der Waals surface area contributed by atoms with Crippen LogP contribution in [-0.4, -0.2) is 33.1 Å². The number of para-hydroxylation sites is 1. The molecule has 29 heavy (non-hydrogen) atoms. The van der Waals surface area contributed by atoms with Crippen molar-refractivity contribution in [3.8, 4) is 0 Å².